The van der Waals surface area contributed by atoms with Gasteiger partial charge in [-0.1, -0.05) is 41.4 Å². The molecule has 1 aliphatic rings. The topological polar surface area (TPSA) is 54.5 Å². The summed E-state index contributed by atoms with van der Waals surface area (Å²) in [5.74, 6) is 0.00131. The number of benzene rings is 2. The minimum atomic E-state index is -3.08. The maximum absolute atomic E-state index is 13.1. The van der Waals surface area contributed by atoms with Gasteiger partial charge in [0, 0.05) is 23.2 Å². The number of halogens is 1. The summed E-state index contributed by atoms with van der Waals surface area (Å²) in [5, 5.41) is 0.597. The number of aryl methyl sites for hydroxylation is 1. The molecule has 1 amide bonds. The van der Waals surface area contributed by atoms with Gasteiger partial charge in [0.2, 0.25) is 0 Å². The molecule has 0 spiro atoms. The second kappa shape index (κ2) is 7.18. The van der Waals surface area contributed by atoms with Crippen molar-refractivity contribution in [2.75, 3.05) is 11.5 Å². The number of amides is 1. The Bertz CT molecular complexity index is 895. The van der Waals surface area contributed by atoms with Crippen molar-refractivity contribution < 1.29 is 13.2 Å². The van der Waals surface area contributed by atoms with E-state index in [-0.39, 0.29) is 23.5 Å². The van der Waals surface area contributed by atoms with Crippen LogP contribution in [0.4, 0.5) is 0 Å². The maximum atomic E-state index is 13.1. The Morgan fingerprint density at radius 2 is 1.96 bits per heavy atom. The Labute approximate surface area is 153 Å². The zero-order chi connectivity index (χ0) is 18.0. The first-order valence-electron chi connectivity index (χ1n) is 8.16. The summed E-state index contributed by atoms with van der Waals surface area (Å²) in [6, 6.07) is 14.4. The molecule has 0 aliphatic carbocycles. The number of sulfone groups is 1. The highest BCUT2D eigenvalue weighted by atomic mass is 35.5. The van der Waals surface area contributed by atoms with Gasteiger partial charge in [0.25, 0.3) is 5.91 Å². The first-order chi connectivity index (χ1) is 11.8. The Kier molecular flexibility index (Phi) is 5.16. The molecule has 0 N–H and O–H groups in total. The Morgan fingerprint density at radius 1 is 1.20 bits per heavy atom. The van der Waals surface area contributed by atoms with Gasteiger partial charge in [0.05, 0.1) is 11.5 Å². The molecule has 2 aromatic rings. The molecule has 0 saturated carbocycles. The van der Waals surface area contributed by atoms with E-state index in [2.05, 4.69) is 0 Å². The molecule has 0 radical (unpaired) electrons. The number of nitrogens with zero attached hydrogens (tertiary/aromatic N) is 1. The summed E-state index contributed by atoms with van der Waals surface area (Å²) in [6.45, 7) is 2.27. The van der Waals surface area contributed by atoms with E-state index >= 15 is 0 Å². The van der Waals surface area contributed by atoms with Crippen LogP contribution in [0, 0.1) is 6.92 Å². The molecular formula is C19H20ClNO3S. The molecule has 1 atom stereocenters. The van der Waals surface area contributed by atoms with Gasteiger partial charge in [-0.2, -0.15) is 0 Å². The third-order valence-electron chi connectivity index (χ3n) is 4.42. The molecule has 1 fully saturated rings. The van der Waals surface area contributed by atoms with Crippen LogP contribution in [-0.2, 0) is 16.4 Å². The summed E-state index contributed by atoms with van der Waals surface area (Å²) in [7, 11) is -3.08. The van der Waals surface area contributed by atoms with E-state index in [0.29, 0.717) is 23.6 Å². The molecule has 25 heavy (non-hydrogen) atoms. The molecular weight excluding hydrogens is 358 g/mol. The second-order valence-corrected chi connectivity index (χ2v) is 9.15. The molecule has 0 bridgehead atoms. The van der Waals surface area contributed by atoms with Gasteiger partial charge >= 0.3 is 0 Å². The minimum Gasteiger partial charge on any atom is -0.330 e. The van der Waals surface area contributed by atoms with Crippen LogP contribution >= 0.6 is 11.6 Å². The highest BCUT2D eigenvalue weighted by Crippen LogP contribution is 2.23. The average molecular weight is 378 g/mol. The van der Waals surface area contributed by atoms with Gasteiger partial charge in [-0.05, 0) is 43.2 Å². The quantitative estimate of drug-likeness (QED) is 0.819. The van der Waals surface area contributed by atoms with E-state index in [1.54, 1.807) is 17.0 Å². The summed E-state index contributed by atoms with van der Waals surface area (Å²) in [4.78, 5) is 14.8. The highest BCUT2D eigenvalue weighted by molar-refractivity contribution is 7.91. The molecule has 0 aromatic heterocycles. The van der Waals surface area contributed by atoms with Crippen molar-refractivity contribution in [3.63, 3.8) is 0 Å². The standard InChI is InChI=1S/C19H20ClNO3S/c1-14-4-2-6-16(10-14)19(22)21(18-8-9-25(23,24)13-18)12-15-5-3-7-17(20)11-15/h2-7,10-11,18H,8-9,12-13H2,1H3/t18-/m1/s1. The highest BCUT2D eigenvalue weighted by Gasteiger charge is 2.35. The predicted octanol–water partition coefficient (Wildman–Crippen LogP) is 3.48. The lowest BCUT2D eigenvalue weighted by Crippen LogP contribution is -2.40. The molecule has 1 saturated heterocycles. The number of carbonyl (C=O) groups excluding carboxylic acids is 1. The van der Waals surface area contributed by atoms with Crippen molar-refractivity contribution in [2.45, 2.75) is 25.9 Å². The van der Waals surface area contributed by atoms with Crippen molar-refractivity contribution in [3.8, 4) is 0 Å². The van der Waals surface area contributed by atoms with Crippen molar-refractivity contribution >= 4 is 27.3 Å². The fourth-order valence-electron chi connectivity index (χ4n) is 3.16. The monoisotopic (exact) mass is 377 g/mol. The van der Waals surface area contributed by atoms with Crippen LogP contribution in [0.3, 0.4) is 0 Å². The minimum absolute atomic E-state index is 0.0190. The van der Waals surface area contributed by atoms with Crippen LogP contribution in [0.15, 0.2) is 48.5 Å². The fourth-order valence-corrected chi connectivity index (χ4v) is 5.11. The van der Waals surface area contributed by atoms with E-state index in [4.69, 9.17) is 11.6 Å². The fraction of sp³-hybridized carbons (Fsp3) is 0.316. The SMILES string of the molecule is Cc1cccc(C(=O)N(Cc2cccc(Cl)c2)[C@@H]2CCS(=O)(=O)C2)c1. The molecule has 6 heteroatoms. The van der Waals surface area contributed by atoms with Crippen LogP contribution in [-0.4, -0.2) is 36.8 Å². The predicted molar refractivity (Wildman–Crippen MR) is 99.6 cm³/mol. The number of carbonyl (C=O) groups is 1. The third-order valence-corrected chi connectivity index (χ3v) is 6.40. The van der Waals surface area contributed by atoms with Crippen molar-refractivity contribution in [1.82, 2.24) is 4.90 Å². The lowest BCUT2D eigenvalue weighted by atomic mass is 10.1. The Morgan fingerprint density at radius 3 is 2.60 bits per heavy atom. The lowest BCUT2D eigenvalue weighted by molar-refractivity contribution is 0.0681. The van der Waals surface area contributed by atoms with Crippen LogP contribution in [0.2, 0.25) is 5.02 Å². The zero-order valence-corrected chi connectivity index (χ0v) is 15.6. The van der Waals surface area contributed by atoms with Crippen LogP contribution in [0.5, 0.6) is 0 Å². The first kappa shape index (κ1) is 18.0. The summed E-state index contributed by atoms with van der Waals surface area (Å²) in [5.41, 5.74) is 2.46. The van der Waals surface area contributed by atoms with E-state index in [0.717, 1.165) is 11.1 Å². The largest absolute Gasteiger partial charge is 0.330 e. The second-order valence-electron chi connectivity index (χ2n) is 6.49. The zero-order valence-electron chi connectivity index (χ0n) is 14.0. The molecule has 3 rings (SSSR count). The van der Waals surface area contributed by atoms with Crippen molar-refractivity contribution in [2.24, 2.45) is 0 Å². The summed E-state index contributed by atoms with van der Waals surface area (Å²) in [6.07, 6.45) is 0.473. The third kappa shape index (κ3) is 4.41. The molecule has 132 valence electrons. The first-order valence-corrected chi connectivity index (χ1v) is 10.4. The lowest BCUT2D eigenvalue weighted by Gasteiger charge is -2.28. The van der Waals surface area contributed by atoms with E-state index in [9.17, 15) is 13.2 Å². The van der Waals surface area contributed by atoms with E-state index in [1.807, 2.05) is 43.3 Å². The Hall–Kier alpha value is -1.85. The molecule has 1 heterocycles. The van der Waals surface area contributed by atoms with Crippen LogP contribution in [0.1, 0.15) is 27.9 Å². The average Bonchev–Trinajstić information content (AvgIpc) is 2.92. The van der Waals surface area contributed by atoms with Gasteiger partial charge in [-0.3, -0.25) is 4.79 Å². The number of hydrogen-bond donors (Lipinski definition) is 0. The summed E-state index contributed by atoms with van der Waals surface area (Å²) >= 11 is 6.05. The molecule has 2 aromatic carbocycles. The normalized spacial score (nSPS) is 18.9. The van der Waals surface area contributed by atoms with Crippen molar-refractivity contribution in [1.29, 1.82) is 0 Å². The Balaban J connectivity index is 1.92. The smallest absolute Gasteiger partial charge is 0.254 e. The van der Waals surface area contributed by atoms with Crippen molar-refractivity contribution in [3.05, 3.63) is 70.2 Å². The van der Waals surface area contributed by atoms with Gasteiger partial charge in [-0.25, -0.2) is 8.42 Å². The van der Waals surface area contributed by atoms with Crippen LogP contribution < -0.4 is 0 Å². The molecule has 0 unspecified atom stereocenters. The van der Waals surface area contributed by atoms with Gasteiger partial charge in [0.15, 0.2) is 9.84 Å². The van der Waals surface area contributed by atoms with Gasteiger partial charge in [0.1, 0.15) is 0 Å². The molecule has 4 nitrogen and oxygen atoms in total. The summed E-state index contributed by atoms with van der Waals surface area (Å²) < 4.78 is 23.8. The molecule has 1 aliphatic heterocycles. The van der Waals surface area contributed by atoms with Crippen LogP contribution in [0.25, 0.3) is 0 Å². The number of rotatable bonds is 4. The van der Waals surface area contributed by atoms with E-state index in [1.165, 1.54) is 0 Å². The van der Waals surface area contributed by atoms with Gasteiger partial charge < -0.3 is 4.90 Å². The number of hydrogen-bond acceptors (Lipinski definition) is 3. The maximum Gasteiger partial charge on any atom is 0.254 e. The van der Waals surface area contributed by atoms with E-state index < -0.39 is 9.84 Å². The van der Waals surface area contributed by atoms with Gasteiger partial charge in [-0.15, -0.1) is 0 Å².